The second-order valence-electron chi connectivity index (χ2n) is 2.05. The van der Waals surface area contributed by atoms with Gasteiger partial charge in [-0.05, 0) is 25.3 Å². The van der Waals surface area contributed by atoms with E-state index in [1.165, 1.54) is 6.42 Å². The van der Waals surface area contributed by atoms with Crippen LogP contribution in [0.5, 0.6) is 0 Å². The average Bonchev–Trinajstić information content (AvgIpc) is 2.00. The molecule has 0 spiro atoms. The van der Waals surface area contributed by atoms with E-state index in [2.05, 4.69) is 30.4 Å². The molecule has 1 rings (SSSR count). The molecule has 0 aliphatic heterocycles. The van der Waals surface area contributed by atoms with Crippen LogP contribution in [0.15, 0.2) is 30.4 Å². The van der Waals surface area contributed by atoms with Crippen LogP contribution in [0.25, 0.3) is 0 Å². The largest absolute Gasteiger partial charge is 0.0879 e. The Hall–Kier alpha value is -0.780. The molecule has 0 aromatic rings. The minimum absolute atomic E-state index is 0.963. The summed E-state index contributed by atoms with van der Waals surface area (Å²) in [6, 6.07) is 0. The highest BCUT2D eigenvalue weighted by Crippen LogP contribution is 1.97. The van der Waals surface area contributed by atoms with Crippen molar-refractivity contribution in [3.63, 3.8) is 0 Å². The molecule has 0 heteroatoms. The first-order valence-electron chi connectivity index (χ1n) is 3.37. The number of allylic oxidation sites excluding steroid dienone is 6. The lowest BCUT2D eigenvalue weighted by molar-refractivity contribution is 1.05. The van der Waals surface area contributed by atoms with E-state index >= 15 is 0 Å². The summed E-state index contributed by atoms with van der Waals surface area (Å²) in [7, 11) is 0. The average molecular weight is 119 g/mol. The summed E-state index contributed by atoms with van der Waals surface area (Å²) in [5.41, 5.74) is 0. The quantitative estimate of drug-likeness (QED) is 0.430. The van der Waals surface area contributed by atoms with E-state index in [1.54, 1.807) is 0 Å². The van der Waals surface area contributed by atoms with E-state index in [4.69, 9.17) is 0 Å². The Morgan fingerprint density at radius 2 is 1.89 bits per heavy atom. The molecule has 9 heavy (non-hydrogen) atoms. The van der Waals surface area contributed by atoms with Gasteiger partial charge in [-0.15, -0.1) is 0 Å². The Labute approximate surface area is 56.6 Å². The molecule has 0 aromatic carbocycles. The van der Waals surface area contributed by atoms with E-state index in [0.717, 1.165) is 12.8 Å². The zero-order valence-electron chi connectivity index (χ0n) is 5.51. The van der Waals surface area contributed by atoms with Crippen LogP contribution in [0.3, 0.4) is 0 Å². The maximum Gasteiger partial charge on any atom is -0.00946 e. The summed E-state index contributed by atoms with van der Waals surface area (Å²) in [6.45, 7) is 0. The first-order chi connectivity index (χ1) is 4.50. The Kier molecular flexibility index (Phi) is 2.91. The molecule has 0 amide bonds. The number of hydrogen-bond donors (Lipinski definition) is 0. The van der Waals surface area contributed by atoms with E-state index in [9.17, 15) is 0 Å². The van der Waals surface area contributed by atoms with Gasteiger partial charge in [-0.3, -0.25) is 0 Å². The van der Waals surface area contributed by atoms with Crippen LogP contribution < -0.4 is 0 Å². The van der Waals surface area contributed by atoms with E-state index in [0.29, 0.717) is 0 Å². The van der Waals surface area contributed by atoms with Crippen molar-refractivity contribution in [1.82, 2.24) is 0 Å². The summed E-state index contributed by atoms with van der Waals surface area (Å²) in [5.74, 6) is 0. The van der Waals surface area contributed by atoms with E-state index < -0.39 is 0 Å². The molecule has 0 aromatic heterocycles. The topological polar surface area (TPSA) is 0 Å². The molecule has 0 heterocycles. The highest BCUT2D eigenvalue weighted by atomic mass is 13.8. The highest BCUT2D eigenvalue weighted by molar-refractivity contribution is 5.03. The predicted molar refractivity (Wildman–Crippen MR) is 39.9 cm³/mol. The maximum atomic E-state index is 3.13. The second-order valence-corrected chi connectivity index (χ2v) is 2.05. The fourth-order valence-electron chi connectivity index (χ4n) is 0.762. The fourth-order valence-corrected chi connectivity index (χ4v) is 0.762. The summed E-state index contributed by atoms with van der Waals surface area (Å²) in [4.78, 5) is 0. The monoisotopic (exact) mass is 119 g/mol. The lowest BCUT2D eigenvalue weighted by Gasteiger charge is -1.81. The van der Waals surface area contributed by atoms with Crippen LogP contribution in [0, 0.1) is 6.08 Å². The van der Waals surface area contributed by atoms with Crippen molar-refractivity contribution in [2.75, 3.05) is 0 Å². The summed E-state index contributed by atoms with van der Waals surface area (Å²) in [6.07, 6.45) is 17.0. The van der Waals surface area contributed by atoms with Gasteiger partial charge in [-0.2, -0.15) is 0 Å². The van der Waals surface area contributed by atoms with Crippen LogP contribution in [-0.4, -0.2) is 0 Å². The zero-order chi connectivity index (χ0) is 6.36. The SMILES string of the molecule is [C]1=CC=CCCC=CC1. The first kappa shape index (κ1) is 6.34. The van der Waals surface area contributed by atoms with Gasteiger partial charge in [0.25, 0.3) is 0 Å². The van der Waals surface area contributed by atoms with Crippen LogP contribution in [0.4, 0.5) is 0 Å². The van der Waals surface area contributed by atoms with Gasteiger partial charge in [0.15, 0.2) is 0 Å². The van der Waals surface area contributed by atoms with Crippen molar-refractivity contribution < 1.29 is 0 Å². The Morgan fingerprint density at radius 1 is 1.00 bits per heavy atom. The van der Waals surface area contributed by atoms with Gasteiger partial charge in [-0.25, -0.2) is 0 Å². The smallest absolute Gasteiger partial charge is 0.00946 e. The molecular formula is C9H11. The van der Waals surface area contributed by atoms with Crippen molar-refractivity contribution in [3.8, 4) is 0 Å². The number of rotatable bonds is 0. The molecule has 0 N–H and O–H groups in total. The minimum atomic E-state index is 0.963. The van der Waals surface area contributed by atoms with E-state index in [1.807, 2.05) is 6.08 Å². The lowest BCUT2D eigenvalue weighted by Crippen LogP contribution is -1.61. The van der Waals surface area contributed by atoms with Gasteiger partial charge in [-0.1, -0.05) is 30.4 Å². The summed E-state index contributed by atoms with van der Waals surface area (Å²) in [5, 5.41) is 0. The molecule has 0 saturated carbocycles. The fraction of sp³-hybridized carbons (Fsp3) is 0.333. The van der Waals surface area contributed by atoms with Gasteiger partial charge in [0.1, 0.15) is 0 Å². The molecule has 47 valence electrons. The molecule has 0 bridgehead atoms. The Morgan fingerprint density at radius 3 is 2.89 bits per heavy atom. The van der Waals surface area contributed by atoms with Crippen LogP contribution in [-0.2, 0) is 0 Å². The standard InChI is InChI=1S/C9H11/c1-2-4-6-8-9-7-5-3-1/h1-3,8-9H,4,6-7H2. The third-order valence-electron chi connectivity index (χ3n) is 1.25. The van der Waals surface area contributed by atoms with Gasteiger partial charge in [0.05, 0.1) is 0 Å². The summed E-state index contributed by atoms with van der Waals surface area (Å²) >= 11 is 0. The lowest BCUT2D eigenvalue weighted by atomic mass is 10.3. The van der Waals surface area contributed by atoms with Crippen molar-refractivity contribution in [3.05, 3.63) is 36.5 Å². The van der Waals surface area contributed by atoms with Gasteiger partial charge in [0, 0.05) is 0 Å². The van der Waals surface area contributed by atoms with Gasteiger partial charge < -0.3 is 0 Å². The molecule has 0 saturated heterocycles. The van der Waals surface area contributed by atoms with E-state index in [-0.39, 0.29) is 0 Å². The normalized spacial score (nSPS) is 18.7. The molecule has 1 aliphatic carbocycles. The van der Waals surface area contributed by atoms with Crippen LogP contribution in [0.2, 0.25) is 0 Å². The molecule has 1 radical (unpaired) electrons. The number of hydrogen-bond acceptors (Lipinski definition) is 0. The van der Waals surface area contributed by atoms with Gasteiger partial charge in [0.2, 0.25) is 0 Å². The second kappa shape index (κ2) is 4.13. The Balaban J connectivity index is 2.43. The van der Waals surface area contributed by atoms with Crippen molar-refractivity contribution in [2.24, 2.45) is 0 Å². The third kappa shape index (κ3) is 2.91. The van der Waals surface area contributed by atoms with Crippen molar-refractivity contribution in [2.45, 2.75) is 19.3 Å². The zero-order valence-corrected chi connectivity index (χ0v) is 5.51. The van der Waals surface area contributed by atoms with Crippen molar-refractivity contribution >= 4 is 0 Å². The maximum absolute atomic E-state index is 3.13. The predicted octanol–water partition coefficient (Wildman–Crippen LogP) is 2.64. The third-order valence-corrected chi connectivity index (χ3v) is 1.25. The molecule has 0 fully saturated rings. The molecule has 0 nitrogen and oxygen atoms in total. The molecular weight excluding hydrogens is 108 g/mol. The van der Waals surface area contributed by atoms with Crippen LogP contribution in [0.1, 0.15) is 19.3 Å². The van der Waals surface area contributed by atoms with Crippen LogP contribution >= 0.6 is 0 Å². The van der Waals surface area contributed by atoms with Crippen molar-refractivity contribution in [1.29, 1.82) is 0 Å². The highest BCUT2D eigenvalue weighted by Gasteiger charge is 1.78. The molecule has 0 unspecified atom stereocenters. The summed E-state index contributed by atoms with van der Waals surface area (Å²) < 4.78 is 0. The first-order valence-corrected chi connectivity index (χ1v) is 3.37. The Bertz CT molecular complexity index is 138. The minimum Gasteiger partial charge on any atom is -0.0879 e. The molecule has 1 aliphatic rings. The van der Waals surface area contributed by atoms with Gasteiger partial charge >= 0.3 is 0 Å². The molecule has 0 atom stereocenters.